The van der Waals surface area contributed by atoms with Crippen LogP contribution in [0.15, 0.2) is 82.7 Å². The summed E-state index contributed by atoms with van der Waals surface area (Å²) in [5.41, 5.74) is 10.7. The number of aromatic nitrogens is 6. The molecule has 0 saturated carbocycles. The fraction of sp³-hybridized carbons (Fsp3) is 0.0714. The van der Waals surface area contributed by atoms with Crippen LogP contribution in [0.25, 0.3) is 34.4 Å². The van der Waals surface area contributed by atoms with Crippen LogP contribution in [0.5, 0.6) is 0 Å². The molecule has 6 aromatic rings. The first-order chi connectivity index (χ1) is 19.0. The lowest BCUT2D eigenvalue weighted by Gasteiger charge is -2.20. The predicted octanol–water partition coefficient (Wildman–Crippen LogP) is 4.13. The van der Waals surface area contributed by atoms with Gasteiger partial charge >= 0.3 is 0 Å². The molecule has 1 amide bonds. The third kappa shape index (κ3) is 4.44. The Morgan fingerprint density at radius 3 is 2.72 bits per heavy atom. The standard InChI is InChI=1S/C28H22N8O2S/c1-17(32-27(37)23-24(29)34-35-14-6-13-30-26(23)35)25-33-21-10-5-7-18(11-12-19-15-39-16-31-19)22(21)28(38)36(25)20-8-3-2-4-9-20/h2-17H,1H3,(H2,29,34)(H,32,37). The van der Waals surface area contributed by atoms with Crippen molar-refractivity contribution in [1.29, 1.82) is 0 Å². The van der Waals surface area contributed by atoms with Crippen LogP contribution in [-0.4, -0.2) is 35.0 Å². The molecule has 11 heteroatoms. The summed E-state index contributed by atoms with van der Waals surface area (Å²) in [4.78, 5) is 40.9. The van der Waals surface area contributed by atoms with Crippen molar-refractivity contribution in [3.63, 3.8) is 0 Å². The van der Waals surface area contributed by atoms with E-state index >= 15 is 0 Å². The van der Waals surface area contributed by atoms with Crippen LogP contribution >= 0.6 is 11.3 Å². The molecule has 4 heterocycles. The number of nitrogens with two attached hydrogens (primary N) is 1. The Kier molecular flexibility index (Phi) is 6.17. The summed E-state index contributed by atoms with van der Waals surface area (Å²) in [5, 5.41) is 9.50. The number of carbonyl (C=O) groups is 1. The largest absolute Gasteiger partial charge is 0.381 e. The van der Waals surface area contributed by atoms with Crippen LogP contribution in [0.3, 0.4) is 0 Å². The molecule has 1 atom stereocenters. The number of carbonyl (C=O) groups excluding carboxylic acids is 1. The Balaban J connectivity index is 1.47. The molecule has 0 aliphatic rings. The summed E-state index contributed by atoms with van der Waals surface area (Å²) < 4.78 is 2.98. The number of amides is 1. The van der Waals surface area contributed by atoms with Gasteiger partial charge in [0.2, 0.25) is 0 Å². The van der Waals surface area contributed by atoms with Crippen molar-refractivity contribution in [2.45, 2.75) is 13.0 Å². The third-order valence-corrected chi connectivity index (χ3v) is 6.84. The maximum atomic E-state index is 14.1. The van der Waals surface area contributed by atoms with Gasteiger partial charge in [0.25, 0.3) is 11.5 Å². The Morgan fingerprint density at radius 1 is 1.08 bits per heavy atom. The van der Waals surface area contributed by atoms with E-state index in [2.05, 4.69) is 20.4 Å². The number of nitrogen functional groups attached to an aromatic ring is 1. The first-order valence-corrected chi connectivity index (χ1v) is 13.0. The van der Waals surface area contributed by atoms with E-state index in [1.165, 1.54) is 20.4 Å². The quantitative estimate of drug-likeness (QED) is 0.328. The number of nitrogens with one attached hydrogen (secondary N) is 1. The SMILES string of the molecule is CC(NC(=O)c1c(N)nn2cccnc12)c1nc2cccc(C=Cc3cscn3)c2c(=O)n1-c1ccccc1. The molecule has 1 unspecified atom stereocenters. The van der Waals surface area contributed by atoms with E-state index in [1.807, 2.05) is 60.0 Å². The van der Waals surface area contributed by atoms with Gasteiger partial charge in [-0.1, -0.05) is 36.4 Å². The van der Waals surface area contributed by atoms with E-state index in [1.54, 1.807) is 37.0 Å². The number of thiazole rings is 1. The van der Waals surface area contributed by atoms with Crippen LogP contribution in [-0.2, 0) is 0 Å². The summed E-state index contributed by atoms with van der Waals surface area (Å²) in [6, 6.07) is 15.8. The normalized spacial score (nSPS) is 12.3. The van der Waals surface area contributed by atoms with Gasteiger partial charge in [0, 0.05) is 17.8 Å². The van der Waals surface area contributed by atoms with Crippen molar-refractivity contribution in [2.24, 2.45) is 0 Å². The van der Waals surface area contributed by atoms with Gasteiger partial charge in [-0.15, -0.1) is 16.4 Å². The fourth-order valence-corrected chi connectivity index (χ4v) is 4.99. The first-order valence-electron chi connectivity index (χ1n) is 12.1. The Hall–Kier alpha value is -5.16. The highest BCUT2D eigenvalue weighted by Gasteiger charge is 2.24. The minimum Gasteiger partial charge on any atom is -0.381 e. The fourth-order valence-electron chi connectivity index (χ4n) is 4.46. The molecule has 0 spiro atoms. The zero-order valence-electron chi connectivity index (χ0n) is 20.7. The molecule has 0 saturated heterocycles. The highest BCUT2D eigenvalue weighted by molar-refractivity contribution is 7.07. The van der Waals surface area contributed by atoms with E-state index in [0.29, 0.717) is 28.1 Å². The molecule has 2 aromatic carbocycles. The molecule has 0 radical (unpaired) electrons. The van der Waals surface area contributed by atoms with E-state index in [0.717, 1.165) is 11.3 Å². The molecule has 0 fully saturated rings. The monoisotopic (exact) mass is 534 g/mol. The molecular weight excluding hydrogens is 512 g/mol. The van der Waals surface area contributed by atoms with Crippen LogP contribution in [0.4, 0.5) is 5.82 Å². The van der Waals surface area contributed by atoms with Gasteiger partial charge in [0.15, 0.2) is 11.5 Å². The van der Waals surface area contributed by atoms with Gasteiger partial charge in [-0.3, -0.25) is 14.2 Å². The number of hydrogen-bond donors (Lipinski definition) is 2. The van der Waals surface area contributed by atoms with Gasteiger partial charge in [0.05, 0.1) is 33.8 Å². The lowest BCUT2D eigenvalue weighted by molar-refractivity contribution is 0.0940. The van der Waals surface area contributed by atoms with Crippen LogP contribution in [0.1, 0.15) is 40.4 Å². The van der Waals surface area contributed by atoms with Crippen LogP contribution in [0, 0.1) is 0 Å². The molecule has 0 aliphatic carbocycles. The van der Waals surface area contributed by atoms with Gasteiger partial charge < -0.3 is 11.1 Å². The predicted molar refractivity (Wildman–Crippen MR) is 152 cm³/mol. The topological polar surface area (TPSA) is 133 Å². The van der Waals surface area contributed by atoms with E-state index < -0.39 is 11.9 Å². The number of para-hydroxylation sites is 1. The Labute approximate surface area is 226 Å². The van der Waals surface area contributed by atoms with Crippen molar-refractivity contribution in [3.05, 3.63) is 111 Å². The van der Waals surface area contributed by atoms with Gasteiger partial charge in [-0.25, -0.2) is 19.5 Å². The average molecular weight is 535 g/mol. The summed E-state index contributed by atoms with van der Waals surface area (Å²) >= 11 is 1.50. The smallest absolute Gasteiger partial charge is 0.266 e. The van der Waals surface area contributed by atoms with E-state index in [9.17, 15) is 9.59 Å². The Morgan fingerprint density at radius 2 is 1.92 bits per heavy atom. The zero-order valence-corrected chi connectivity index (χ0v) is 21.5. The molecule has 3 N–H and O–H groups in total. The van der Waals surface area contributed by atoms with Gasteiger partial charge in [0.1, 0.15) is 11.4 Å². The van der Waals surface area contributed by atoms with Crippen molar-refractivity contribution >= 4 is 51.8 Å². The van der Waals surface area contributed by atoms with Gasteiger partial charge in [-0.05, 0) is 42.8 Å². The van der Waals surface area contributed by atoms with E-state index in [4.69, 9.17) is 10.7 Å². The second kappa shape index (κ2) is 9.95. The summed E-state index contributed by atoms with van der Waals surface area (Å²) in [6.07, 6.45) is 6.96. The molecule has 39 heavy (non-hydrogen) atoms. The molecule has 4 aromatic heterocycles. The highest BCUT2D eigenvalue weighted by Crippen LogP contribution is 2.23. The molecule has 0 aliphatic heterocycles. The number of anilines is 1. The minimum absolute atomic E-state index is 0.0573. The first kappa shape index (κ1) is 24.2. The minimum atomic E-state index is -0.665. The maximum absolute atomic E-state index is 14.1. The highest BCUT2D eigenvalue weighted by atomic mass is 32.1. The summed E-state index contributed by atoms with van der Waals surface area (Å²) in [5.74, 6) is -0.0415. The summed E-state index contributed by atoms with van der Waals surface area (Å²) in [6.45, 7) is 1.77. The maximum Gasteiger partial charge on any atom is 0.266 e. The second-order valence-corrected chi connectivity index (χ2v) is 9.50. The lowest BCUT2D eigenvalue weighted by atomic mass is 10.1. The van der Waals surface area contributed by atoms with Crippen molar-refractivity contribution in [3.8, 4) is 5.69 Å². The van der Waals surface area contributed by atoms with Gasteiger partial charge in [-0.2, -0.15) is 0 Å². The molecule has 10 nitrogen and oxygen atoms in total. The molecule has 6 rings (SSSR count). The Bertz CT molecular complexity index is 1910. The number of benzene rings is 2. The molecule has 0 bridgehead atoms. The molecule has 192 valence electrons. The van der Waals surface area contributed by atoms with Crippen LogP contribution < -0.4 is 16.6 Å². The van der Waals surface area contributed by atoms with Crippen molar-refractivity contribution in [2.75, 3.05) is 5.73 Å². The van der Waals surface area contributed by atoms with Crippen molar-refractivity contribution in [1.82, 2.24) is 34.4 Å². The zero-order chi connectivity index (χ0) is 26.9. The number of hydrogen-bond acceptors (Lipinski definition) is 8. The third-order valence-electron chi connectivity index (χ3n) is 6.24. The second-order valence-electron chi connectivity index (χ2n) is 8.78. The summed E-state index contributed by atoms with van der Waals surface area (Å²) in [7, 11) is 0. The number of fused-ring (bicyclic) bond motifs is 2. The molecular formula is C28H22N8O2S. The average Bonchev–Trinajstić information content (AvgIpc) is 3.59. The lowest BCUT2D eigenvalue weighted by Crippen LogP contribution is -2.33. The number of nitrogens with zero attached hydrogens (tertiary/aromatic N) is 6. The number of rotatable bonds is 6. The van der Waals surface area contributed by atoms with E-state index in [-0.39, 0.29) is 16.9 Å². The van der Waals surface area contributed by atoms with Crippen molar-refractivity contribution < 1.29 is 4.79 Å². The van der Waals surface area contributed by atoms with Crippen LogP contribution in [0.2, 0.25) is 0 Å².